The predicted molar refractivity (Wildman–Crippen MR) is 123 cm³/mol. The third-order valence-electron chi connectivity index (χ3n) is 5.57. The van der Waals surface area contributed by atoms with Crippen molar-refractivity contribution in [2.45, 2.75) is 44.9 Å². The summed E-state index contributed by atoms with van der Waals surface area (Å²) in [6.45, 7) is 5.86. The standard InChI is InChI=1S/C22H29FN8O3/c1-21(2,3)34-20(33)30-7-5-22(23,6-8-30)13-25-18-19-28-16(17(24)32)12-31(19)11-15(27-18)14-9-26-29(4)10-14/h9-12H,5-8,13H2,1-4H3,(H2,24,32)(H,25,27). The molecule has 0 radical (unpaired) electrons. The van der Waals surface area contributed by atoms with E-state index in [0.29, 0.717) is 17.2 Å². The number of ether oxygens (including phenoxy) is 1. The van der Waals surface area contributed by atoms with Gasteiger partial charge < -0.3 is 25.1 Å². The fourth-order valence-corrected chi connectivity index (χ4v) is 3.76. The quantitative estimate of drug-likeness (QED) is 0.582. The van der Waals surface area contributed by atoms with Crippen molar-refractivity contribution in [3.63, 3.8) is 0 Å². The predicted octanol–water partition coefficient (Wildman–Crippen LogP) is 2.38. The molecule has 0 aromatic carbocycles. The van der Waals surface area contributed by atoms with Crippen LogP contribution in [0.5, 0.6) is 0 Å². The number of rotatable bonds is 5. The van der Waals surface area contributed by atoms with E-state index in [9.17, 15) is 9.59 Å². The van der Waals surface area contributed by atoms with Crippen LogP contribution in [0, 0.1) is 0 Å². The number of nitrogens with zero attached hydrogens (tertiary/aromatic N) is 6. The van der Waals surface area contributed by atoms with Gasteiger partial charge in [-0.25, -0.2) is 19.2 Å². The number of nitrogens with two attached hydrogens (primary N) is 1. The van der Waals surface area contributed by atoms with E-state index >= 15 is 4.39 Å². The minimum absolute atomic E-state index is 0.0346. The molecule has 1 saturated heterocycles. The van der Waals surface area contributed by atoms with E-state index in [-0.39, 0.29) is 38.2 Å². The number of carbonyl (C=O) groups excluding carboxylic acids is 2. The van der Waals surface area contributed by atoms with Crippen molar-refractivity contribution in [3.05, 3.63) is 30.5 Å². The van der Waals surface area contributed by atoms with E-state index in [1.165, 1.54) is 11.1 Å². The van der Waals surface area contributed by atoms with Gasteiger partial charge in [-0.3, -0.25) is 9.48 Å². The Labute approximate surface area is 196 Å². The first-order valence-corrected chi connectivity index (χ1v) is 11.0. The Hall–Kier alpha value is -3.70. The van der Waals surface area contributed by atoms with Crippen molar-refractivity contribution in [2.75, 3.05) is 25.0 Å². The molecule has 3 N–H and O–H groups in total. The van der Waals surface area contributed by atoms with Crippen LogP contribution in [-0.4, -0.2) is 72.0 Å². The van der Waals surface area contributed by atoms with Crippen molar-refractivity contribution in [1.29, 1.82) is 0 Å². The van der Waals surface area contributed by atoms with Crippen molar-refractivity contribution in [1.82, 2.24) is 29.0 Å². The molecule has 3 aromatic heterocycles. The number of halogens is 1. The molecule has 0 atom stereocenters. The number of carbonyl (C=O) groups is 2. The van der Waals surface area contributed by atoms with Crippen molar-refractivity contribution < 1.29 is 18.7 Å². The molecule has 34 heavy (non-hydrogen) atoms. The largest absolute Gasteiger partial charge is 0.444 e. The van der Waals surface area contributed by atoms with Gasteiger partial charge in [0.05, 0.1) is 18.4 Å². The van der Waals surface area contributed by atoms with Crippen molar-refractivity contribution in [2.24, 2.45) is 12.8 Å². The van der Waals surface area contributed by atoms with E-state index in [1.54, 1.807) is 55.5 Å². The summed E-state index contributed by atoms with van der Waals surface area (Å²) in [4.78, 5) is 34.3. The van der Waals surface area contributed by atoms with Crippen LogP contribution < -0.4 is 11.1 Å². The number of aromatic nitrogens is 5. The molecule has 0 spiro atoms. The van der Waals surface area contributed by atoms with Crippen LogP contribution in [0.25, 0.3) is 16.9 Å². The summed E-state index contributed by atoms with van der Waals surface area (Å²) in [5.41, 5.74) is 5.00. The van der Waals surface area contributed by atoms with Crippen LogP contribution in [0.1, 0.15) is 44.1 Å². The minimum atomic E-state index is -1.55. The lowest BCUT2D eigenvalue weighted by Crippen LogP contribution is -2.48. The Kier molecular flexibility index (Phi) is 5.92. The number of imidazole rings is 1. The number of fused-ring (bicyclic) bond motifs is 1. The topological polar surface area (TPSA) is 133 Å². The zero-order chi connectivity index (χ0) is 24.7. The molecule has 0 saturated carbocycles. The summed E-state index contributed by atoms with van der Waals surface area (Å²) >= 11 is 0. The van der Waals surface area contributed by atoms with E-state index in [4.69, 9.17) is 10.5 Å². The lowest BCUT2D eigenvalue weighted by atomic mass is 9.93. The normalized spacial score (nSPS) is 16.0. The Morgan fingerprint density at radius 2 is 1.91 bits per heavy atom. The third kappa shape index (κ3) is 5.10. The molecule has 0 unspecified atom stereocenters. The second kappa shape index (κ2) is 8.58. The molecule has 3 aromatic rings. The second-order valence-corrected chi connectivity index (χ2v) is 9.57. The zero-order valence-electron chi connectivity index (χ0n) is 19.7. The summed E-state index contributed by atoms with van der Waals surface area (Å²) in [5, 5.41) is 7.23. The molecule has 1 fully saturated rings. The van der Waals surface area contributed by atoms with Gasteiger partial charge in [0.25, 0.3) is 5.91 Å². The van der Waals surface area contributed by atoms with Crippen LogP contribution in [-0.2, 0) is 11.8 Å². The molecule has 182 valence electrons. The zero-order valence-corrected chi connectivity index (χ0v) is 19.7. The van der Waals surface area contributed by atoms with Crippen molar-refractivity contribution in [3.8, 4) is 11.3 Å². The number of hydrogen-bond donors (Lipinski definition) is 2. The lowest BCUT2D eigenvalue weighted by Gasteiger charge is -2.37. The van der Waals surface area contributed by atoms with Crippen LogP contribution in [0.4, 0.5) is 15.0 Å². The number of primary amides is 1. The lowest BCUT2D eigenvalue weighted by molar-refractivity contribution is 0.00574. The molecule has 12 heteroatoms. The Bertz CT molecular complexity index is 1220. The average Bonchev–Trinajstić information content (AvgIpc) is 3.37. The fourth-order valence-electron chi connectivity index (χ4n) is 3.76. The van der Waals surface area contributed by atoms with E-state index in [0.717, 1.165) is 5.56 Å². The Balaban J connectivity index is 1.52. The van der Waals surface area contributed by atoms with Gasteiger partial charge in [0, 0.05) is 57.1 Å². The smallest absolute Gasteiger partial charge is 0.410 e. The monoisotopic (exact) mass is 472 g/mol. The Morgan fingerprint density at radius 1 is 1.21 bits per heavy atom. The van der Waals surface area contributed by atoms with Gasteiger partial charge in [0.2, 0.25) is 0 Å². The summed E-state index contributed by atoms with van der Waals surface area (Å²) in [6, 6.07) is 0. The number of amides is 2. The highest BCUT2D eigenvalue weighted by Crippen LogP contribution is 2.29. The van der Waals surface area contributed by atoms with Gasteiger partial charge in [0.1, 0.15) is 17.0 Å². The van der Waals surface area contributed by atoms with Gasteiger partial charge in [-0.1, -0.05) is 0 Å². The summed E-state index contributed by atoms with van der Waals surface area (Å²) in [6.07, 6.45) is 6.54. The minimum Gasteiger partial charge on any atom is -0.444 e. The van der Waals surface area contributed by atoms with Gasteiger partial charge in [-0.15, -0.1) is 0 Å². The van der Waals surface area contributed by atoms with E-state index in [2.05, 4.69) is 20.4 Å². The van der Waals surface area contributed by atoms with Gasteiger partial charge >= 0.3 is 6.09 Å². The van der Waals surface area contributed by atoms with Crippen molar-refractivity contribution >= 4 is 23.5 Å². The highest BCUT2D eigenvalue weighted by molar-refractivity contribution is 5.92. The number of aryl methyl sites for hydroxylation is 1. The molecule has 1 aliphatic heterocycles. The molecule has 11 nitrogen and oxygen atoms in total. The molecule has 4 heterocycles. The molecule has 0 bridgehead atoms. The molecular weight excluding hydrogens is 443 g/mol. The second-order valence-electron chi connectivity index (χ2n) is 9.57. The number of hydrogen-bond acceptors (Lipinski definition) is 7. The maximum Gasteiger partial charge on any atom is 0.410 e. The first-order valence-electron chi connectivity index (χ1n) is 11.0. The van der Waals surface area contributed by atoms with Crippen LogP contribution in [0.3, 0.4) is 0 Å². The van der Waals surface area contributed by atoms with E-state index in [1.807, 2.05) is 0 Å². The Morgan fingerprint density at radius 3 is 2.50 bits per heavy atom. The molecule has 0 aliphatic carbocycles. The third-order valence-corrected chi connectivity index (χ3v) is 5.57. The van der Waals surface area contributed by atoms with Crippen LogP contribution in [0.15, 0.2) is 24.8 Å². The highest BCUT2D eigenvalue weighted by Gasteiger charge is 2.37. The molecular formula is C22H29FN8O3. The van der Waals surface area contributed by atoms with Gasteiger partial charge in [-0.2, -0.15) is 5.10 Å². The first kappa shape index (κ1) is 23.5. The van der Waals surface area contributed by atoms with Crippen LogP contribution in [0.2, 0.25) is 0 Å². The molecule has 2 amide bonds. The van der Waals surface area contributed by atoms with Gasteiger partial charge in [-0.05, 0) is 20.8 Å². The summed E-state index contributed by atoms with van der Waals surface area (Å²) < 4.78 is 24.3. The van der Waals surface area contributed by atoms with Crippen LogP contribution >= 0.6 is 0 Å². The number of likely N-dealkylation sites (tertiary alicyclic amines) is 1. The number of nitrogens with one attached hydrogen (secondary N) is 1. The summed E-state index contributed by atoms with van der Waals surface area (Å²) in [7, 11) is 1.79. The van der Waals surface area contributed by atoms with E-state index < -0.39 is 23.3 Å². The average molecular weight is 473 g/mol. The number of anilines is 1. The molecule has 1 aliphatic rings. The number of piperidine rings is 1. The fraction of sp³-hybridized carbons (Fsp3) is 0.500. The summed E-state index contributed by atoms with van der Waals surface area (Å²) in [5.74, 6) is -0.352. The SMILES string of the molecule is Cn1cc(-c2cn3cc(C(N)=O)nc3c(NCC3(F)CCN(C(=O)OC(C)(C)C)CC3)n2)cn1. The highest BCUT2D eigenvalue weighted by atomic mass is 19.1. The maximum absolute atomic E-state index is 15.6. The number of alkyl halides is 1. The first-order chi connectivity index (χ1) is 15.9. The van der Waals surface area contributed by atoms with Gasteiger partial charge in [0.15, 0.2) is 11.5 Å². The maximum atomic E-state index is 15.6. The molecule has 4 rings (SSSR count).